The Morgan fingerprint density at radius 2 is 2.05 bits per heavy atom. The quantitative estimate of drug-likeness (QED) is 0.630. The van der Waals surface area contributed by atoms with Crippen molar-refractivity contribution in [3.05, 3.63) is 17.5 Å². The molecule has 0 atom stereocenters. The maximum Gasteiger partial charge on any atom is 0.250 e. The molecule has 6 nitrogen and oxygen atoms in total. The molecule has 0 aliphatic heterocycles. The fourth-order valence-corrected chi connectivity index (χ4v) is 3.90. The molecular formula is C13H22N2O4S2. The van der Waals surface area contributed by atoms with Crippen molar-refractivity contribution < 1.29 is 18.3 Å². The van der Waals surface area contributed by atoms with Crippen molar-refractivity contribution >= 4 is 27.3 Å². The predicted molar refractivity (Wildman–Crippen MR) is 82.7 cm³/mol. The lowest BCUT2D eigenvalue weighted by Crippen LogP contribution is -2.51. The lowest BCUT2D eigenvalue weighted by atomic mass is 9.94. The number of thiophene rings is 1. The standard InChI is InChI=1S/C13H22N2O4S2/c1-3-13(4-2,10-16)15-11(17)7-8-14-21(18,19)12-6-5-9-20-12/h5-6,9,14,16H,3-4,7-8,10H2,1-2H3,(H,15,17). The van der Waals surface area contributed by atoms with E-state index in [9.17, 15) is 18.3 Å². The first-order valence-corrected chi connectivity index (χ1v) is 9.20. The van der Waals surface area contributed by atoms with Crippen LogP contribution >= 0.6 is 11.3 Å². The Hall–Kier alpha value is -0.960. The number of amides is 1. The van der Waals surface area contributed by atoms with Crippen molar-refractivity contribution in [3.63, 3.8) is 0 Å². The molecule has 0 bridgehead atoms. The van der Waals surface area contributed by atoms with Crippen molar-refractivity contribution in [3.8, 4) is 0 Å². The molecule has 3 N–H and O–H groups in total. The monoisotopic (exact) mass is 334 g/mol. The minimum atomic E-state index is -3.53. The second kappa shape index (κ2) is 7.88. The SMILES string of the molecule is CCC(CC)(CO)NC(=O)CCNS(=O)(=O)c1cccs1. The highest BCUT2D eigenvalue weighted by molar-refractivity contribution is 7.91. The van der Waals surface area contributed by atoms with Gasteiger partial charge in [0.05, 0.1) is 12.1 Å². The average molecular weight is 334 g/mol. The predicted octanol–water partition coefficient (Wildman–Crippen LogP) is 1.08. The van der Waals surface area contributed by atoms with E-state index in [0.717, 1.165) is 11.3 Å². The molecule has 21 heavy (non-hydrogen) atoms. The van der Waals surface area contributed by atoms with Crippen molar-refractivity contribution in [2.45, 2.75) is 42.9 Å². The molecule has 1 aromatic rings. The van der Waals surface area contributed by atoms with Crippen LogP contribution in [-0.2, 0) is 14.8 Å². The summed E-state index contributed by atoms with van der Waals surface area (Å²) in [6, 6.07) is 3.17. The Morgan fingerprint density at radius 1 is 1.38 bits per heavy atom. The number of rotatable bonds is 9. The van der Waals surface area contributed by atoms with E-state index in [1.54, 1.807) is 11.4 Å². The van der Waals surface area contributed by atoms with Crippen LogP contribution in [0, 0.1) is 0 Å². The molecule has 0 aromatic carbocycles. The maximum atomic E-state index is 11.9. The Balaban J connectivity index is 2.47. The molecule has 1 amide bonds. The molecule has 120 valence electrons. The zero-order valence-corrected chi connectivity index (χ0v) is 13.9. The lowest BCUT2D eigenvalue weighted by molar-refractivity contribution is -0.123. The number of hydrogen-bond donors (Lipinski definition) is 3. The Bertz CT molecular complexity index is 528. The molecular weight excluding hydrogens is 312 g/mol. The summed E-state index contributed by atoms with van der Waals surface area (Å²) in [5.74, 6) is -0.276. The summed E-state index contributed by atoms with van der Waals surface area (Å²) in [4.78, 5) is 11.9. The Labute approximate surface area is 129 Å². The van der Waals surface area contributed by atoms with Crippen LogP contribution in [-0.4, -0.2) is 38.1 Å². The van der Waals surface area contributed by atoms with E-state index in [-0.39, 0.29) is 29.7 Å². The van der Waals surface area contributed by atoms with Gasteiger partial charge in [0.25, 0.3) is 0 Å². The van der Waals surface area contributed by atoms with E-state index < -0.39 is 15.6 Å². The minimum absolute atomic E-state index is 0.0288. The van der Waals surface area contributed by atoms with Crippen LogP contribution in [0.3, 0.4) is 0 Å². The molecule has 1 heterocycles. The summed E-state index contributed by atoms with van der Waals surface area (Å²) in [5, 5.41) is 13.8. The highest BCUT2D eigenvalue weighted by Crippen LogP contribution is 2.16. The van der Waals surface area contributed by atoms with Gasteiger partial charge >= 0.3 is 0 Å². The largest absolute Gasteiger partial charge is 0.394 e. The number of aliphatic hydroxyl groups is 1. The first-order valence-electron chi connectivity index (χ1n) is 6.84. The number of carbonyl (C=O) groups excluding carboxylic acids is 1. The molecule has 1 aromatic heterocycles. The van der Waals surface area contributed by atoms with E-state index in [0.29, 0.717) is 12.8 Å². The van der Waals surface area contributed by atoms with E-state index in [4.69, 9.17) is 0 Å². The number of aliphatic hydroxyl groups excluding tert-OH is 1. The second-order valence-corrected chi connectivity index (χ2v) is 7.72. The lowest BCUT2D eigenvalue weighted by Gasteiger charge is -2.30. The first kappa shape index (κ1) is 18.1. The molecule has 1 rings (SSSR count). The normalized spacial score (nSPS) is 12.3. The zero-order valence-electron chi connectivity index (χ0n) is 12.3. The number of hydrogen-bond acceptors (Lipinski definition) is 5. The third-order valence-corrected chi connectivity index (χ3v) is 6.32. The summed E-state index contributed by atoms with van der Waals surface area (Å²) < 4.78 is 26.3. The van der Waals surface area contributed by atoms with Crippen molar-refractivity contribution in [2.24, 2.45) is 0 Å². The van der Waals surface area contributed by atoms with Crippen LogP contribution in [0.2, 0.25) is 0 Å². The molecule has 0 fully saturated rings. The van der Waals surface area contributed by atoms with Gasteiger partial charge in [-0.1, -0.05) is 19.9 Å². The Kier molecular flexibility index (Phi) is 6.79. The zero-order chi connectivity index (χ0) is 15.9. The molecule has 0 aliphatic carbocycles. The molecule has 0 spiro atoms. The summed E-state index contributed by atoms with van der Waals surface area (Å²) in [6.45, 7) is 3.67. The van der Waals surface area contributed by atoms with Crippen LogP contribution in [0.5, 0.6) is 0 Å². The smallest absolute Gasteiger partial charge is 0.250 e. The molecule has 0 saturated heterocycles. The number of sulfonamides is 1. The van der Waals surface area contributed by atoms with Gasteiger partial charge in [-0.05, 0) is 24.3 Å². The average Bonchev–Trinajstić information content (AvgIpc) is 3.00. The highest BCUT2D eigenvalue weighted by atomic mass is 32.2. The number of nitrogens with one attached hydrogen (secondary N) is 2. The minimum Gasteiger partial charge on any atom is -0.394 e. The highest BCUT2D eigenvalue weighted by Gasteiger charge is 2.27. The van der Waals surface area contributed by atoms with Gasteiger partial charge < -0.3 is 10.4 Å². The van der Waals surface area contributed by atoms with E-state index in [1.165, 1.54) is 6.07 Å². The Morgan fingerprint density at radius 3 is 2.52 bits per heavy atom. The molecule has 0 radical (unpaired) electrons. The van der Waals surface area contributed by atoms with Gasteiger partial charge in [-0.3, -0.25) is 4.79 Å². The van der Waals surface area contributed by atoms with E-state index in [1.807, 2.05) is 13.8 Å². The number of carbonyl (C=O) groups is 1. The molecule has 0 unspecified atom stereocenters. The van der Waals surface area contributed by atoms with Gasteiger partial charge in [0.2, 0.25) is 15.9 Å². The van der Waals surface area contributed by atoms with Crippen LogP contribution in [0.25, 0.3) is 0 Å². The fourth-order valence-electron chi connectivity index (χ4n) is 1.83. The van der Waals surface area contributed by atoms with Gasteiger partial charge in [0, 0.05) is 13.0 Å². The fraction of sp³-hybridized carbons (Fsp3) is 0.615. The summed E-state index contributed by atoms with van der Waals surface area (Å²) in [6.07, 6.45) is 1.27. The summed E-state index contributed by atoms with van der Waals surface area (Å²) >= 11 is 1.13. The summed E-state index contributed by atoms with van der Waals surface area (Å²) in [5.41, 5.74) is -0.621. The molecule has 0 aliphatic rings. The third kappa shape index (κ3) is 5.06. The van der Waals surface area contributed by atoms with E-state index >= 15 is 0 Å². The van der Waals surface area contributed by atoms with E-state index in [2.05, 4.69) is 10.0 Å². The van der Waals surface area contributed by atoms with Crippen molar-refractivity contribution in [2.75, 3.05) is 13.2 Å². The topological polar surface area (TPSA) is 95.5 Å². The third-order valence-electron chi connectivity index (χ3n) is 3.46. The molecule has 0 saturated carbocycles. The van der Waals surface area contributed by atoms with Crippen LogP contribution in [0.1, 0.15) is 33.1 Å². The first-order chi connectivity index (χ1) is 9.89. The van der Waals surface area contributed by atoms with Crippen molar-refractivity contribution in [1.29, 1.82) is 0 Å². The van der Waals surface area contributed by atoms with Gasteiger partial charge in [0.1, 0.15) is 4.21 Å². The van der Waals surface area contributed by atoms with Crippen LogP contribution in [0.15, 0.2) is 21.7 Å². The maximum absolute atomic E-state index is 11.9. The molecule has 8 heteroatoms. The van der Waals surface area contributed by atoms with Gasteiger partial charge in [-0.2, -0.15) is 0 Å². The van der Waals surface area contributed by atoms with Crippen molar-refractivity contribution in [1.82, 2.24) is 10.0 Å². The van der Waals surface area contributed by atoms with Crippen LogP contribution < -0.4 is 10.0 Å². The second-order valence-electron chi connectivity index (χ2n) is 4.77. The van der Waals surface area contributed by atoms with Gasteiger partial charge in [-0.15, -0.1) is 11.3 Å². The summed E-state index contributed by atoms with van der Waals surface area (Å²) in [7, 11) is -3.53. The van der Waals surface area contributed by atoms with Gasteiger partial charge in [0.15, 0.2) is 0 Å². The van der Waals surface area contributed by atoms with Gasteiger partial charge in [-0.25, -0.2) is 13.1 Å². The van der Waals surface area contributed by atoms with Crippen LogP contribution in [0.4, 0.5) is 0 Å².